The van der Waals surface area contributed by atoms with E-state index in [0.717, 1.165) is 24.3 Å². The van der Waals surface area contributed by atoms with Crippen LogP contribution in [0, 0.1) is 11.2 Å². The lowest BCUT2D eigenvalue weighted by Gasteiger charge is -2.46. The Morgan fingerprint density at radius 1 is 0.370 bits per heavy atom. The Kier molecular flexibility index (Phi) is 20.1. The largest absolute Gasteiger partial charge is 0.416 e. The summed E-state index contributed by atoms with van der Waals surface area (Å²) in [4.78, 5) is 15.2. The highest BCUT2D eigenvalue weighted by Gasteiger charge is 2.47. The highest BCUT2D eigenvalue weighted by Crippen LogP contribution is 2.42. The summed E-state index contributed by atoms with van der Waals surface area (Å²) in [6.07, 6.45) is -53.3. The number of hydrogen-bond donors (Lipinski definition) is 0. The second-order valence-electron chi connectivity index (χ2n) is 20.8. The molecule has 0 saturated heterocycles. The predicted octanol–water partition coefficient (Wildman–Crippen LogP) is 17.4. The average Bonchev–Trinajstić information content (AvgIpc) is 0.709. The van der Waals surface area contributed by atoms with Crippen LogP contribution in [0.4, 0.5) is 111 Å². The third kappa shape index (κ3) is 17.7. The predicted molar refractivity (Wildman–Crippen MR) is 296 cm³/mol. The average molecular weight is 1340 g/mol. The van der Waals surface area contributed by atoms with Gasteiger partial charge in [0.25, 0.3) is 0 Å². The molecule has 1 unspecified atom stereocenters. The van der Waals surface area contributed by atoms with Gasteiger partial charge < -0.3 is 4.90 Å². The molecule has 3 nitrogen and oxygen atoms in total. The van der Waals surface area contributed by atoms with Gasteiger partial charge in [0, 0.05) is 29.9 Å². The van der Waals surface area contributed by atoms with Crippen LogP contribution < -0.4 is 26.8 Å². The fourth-order valence-corrected chi connectivity index (χ4v) is 10.9. The standard InChI is InChI=1S/C32H12BF24.C31H28NO2S/c34-25(35,36)13-1-14(26(37,38)39)6-21(5-13)33(22-7-15(27(40,41)42)2-16(8-22)28(43,44)45,23-9-17(29(46,47)48)3-18(10-23)30(49,50)51)24-11-19(31(52,53)54)4-20(12-24)32(55,56)57;1-35(34,22-21-26-11-5-2-6-12-26)25-31(33)29-17-19-30(20-18-29)32(23-27-13-7-3-8-14-27)24-28-15-9-4-10-16-28/h1-12H;2-20H,23-25H2,1H3/q-1;+1. The molecule has 29 heteroatoms. The molecule has 0 bridgehead atoms. The summed E-state index contributed by atoms with van der Waals surface area (Å²) in [5.74, 6) is 2.67. The van der Waals surface area contributed by atoms with Crippen LogP contribution in [0.5, 0.6) is 0 Å². The minimum Gasteiger partial charge on any atom is -0.363 e. The Hall–Kier alpha value is -8.68. The maximum Gasteiger partial charge on any atom is 0.416 e. The molecule has 0 aliphatic carbocycles. The van der Waals surface area contributed by atoms with E-state index in [-0.39, 0.29) is 11.5 Å². The summed E-state index contributed by atoms with van der Waals surface area (Å²) in [5, 5.41) is 2.81. The Balaban J connectivity index is 0.000000292. The maximum absolute atomic E-state index is 14.2. The van der Waals surface area contributed by atoms with E-state index in [1.807, 2.05) is 91.0 Å². The molecule has 0 aliphatic heterocycles. The number of halogens is 24. The van der Waals surface area contributed by atoms with Crippen molar-refractivity contribution in [3.8, 4) is 11.2 Å². The van der Waals surface area contributed by atoms with Crippen molar-refractivity contribution >= 4 is 49.4 Å². The number of carbonyl (C=O) groups is 1. The van der Waals surface area contributed by atoms with E-state index in [9.17, 15) is 114 Å². The SMILES string of the molecule is C[S+](=O)(C#Cc1ccccc1)CC(=O)c1ccc(N(Cc2ccccc2)Cc2ccccc2)cc1.FC(F)(F)c1cc([B-](c2cc(C(F)(F)F)cc(C(F)(F)F)c2)(c2cc(C(F)(F)F)cc(C(F)(F)F)c2)c2cc(C(F)(F)F)cc(C(F)(F)F)c2)cc(C(F)(F)F)c1. The number of nitrogens with zero attached hydrogens (tertiary/aromatic N) is 1. The summed E-state index contributed by atoms with van der Waals surface area (Å²) in [6.45, 7) is 1.50. The number of alkyl halides is 24. The first kappa shape index (κ1) is 70.8. The van der Waals surface area contributed by atoms with Gasteiger partial charge in [0.15, 0.2) is 20.9 Å². The van der Waals surface area contributed by atoms with E-state index in [0.29, 0.717) is 5.56 Å². The van der Waals surface area contributed by atoms with Crippen LogP contribution in [0.25, 0.3) is 0 Å². The molecule has 8 rings (SSSR count). The van der Waals surface area contributed by atoms with E-state index in [1.165, 1.54) is 11.1 Å². The van der Waals surface area contributed by atoms with Gasteiger partial charge in [-0.05, 0) is 77.7 Å². The topological polar surface area (TPSA) is 37.4 Å². The first-order valence-corrected chi connectivity index (χ1v) is 28.2. The molecule has 8 aromatic rings. The van der Waals surface area contributed by atoms with E-state index < -0.39 is 205 Å². The van der Waals surface area contributed by atoms with E-state index in [4.69, 9.17) is 0 Å². The number of carbonyl (C=O) groups excluding carboxylic acids is 1. The van der Waals surface area contributed by atoms with Crippen molar-refractivity contribution in [1.29, 1.82) is 0 Å². The molecule has 0 aromatic heterocycles. The first-order chi connectivity index (χ1) is 42.2. The van der Waals surface area contributed by atoms with E-state index in [2.05, 4.69) is 40.3 Å². The maximum atomic E-state index is 14.2. The van der Waals surface area contributed by atoms with Crippen molar-refractivity contribution in [2.75, 3.05) is 16.9 Å². The van der Waals surface area contributed by atoms with Gasteiger partial charge in [-0.3, -0.25) is 4.79 Å². The molecule has 8 aromatic carbocycles. The molecule has 0 radical (unpaired) electrons. The zero-order chi connectivity index (χ0) is 68.4. The van der Waals surface area contributed by atoms with Crippen molar-refractivity contribution in [3.63, 3.8) is 0 Å². The Morgan fingerprint density at radius 2 is 0.620 bits per heavy atom. The summed E-state index contributed by atoms with van der Waals surface area (Å²) in [6, 6.07) is 28.8. The monoisotopic (exact) mass is 1340 g/mol. The molecular weight excluding hydrogens is 1300 g/mol. The zero-order valence-corrected chi connectivity index (χ0v) is 47.2. The number of Topliss-reactive ketones (excluding diaryl/α,β-unsaturated/α-hetero) is 1. The van der Waals surface area contributed by atoms with E-state index >= 15 is 0 Å². The fraction of sp³-hybridized carbons (Fsp3) is 0.190. The minimum absolute atomic E-state index is 0.0933. The Bertz CT molecular complexity index is 3550. The van der Waals surface area contributed by atoms with Crippen molar-refractivity contribution in [1.82, 2.24) is 0 Å². The molecule has 0 heterocycles. The summed E-state index contributed by atoms with van der Waals surface area (Å²) in [5.41, 5.74) is -25.4. The van der Waals surface area contributed by atoms with Crippen molar-refractivity contribution in [2.45, 2.75) is 62.5 Å². The van der Waals surface area contributed by atoms with Crippen molar-refractivity contribution in [3.05, 3.63) is 255 Å². The molecule has 0 aliphatic rings. The van der Waals surface area contributed by atoms with Crippen LogP contribution in [0.3, 0.4) is 0 Å². The highest BCUT2D eigenvalue weighted by atomic mass is 32.2. The van der Waals surface area contributed by atoms with Crippen LogP contribution in [0.2, 0.25) is 0 Å². The number of ketones is 1. The second kappa shape index (κ2) is 26.1. The van der Waals surface area contributed by atoms with E-state index in [1.54, 1.807) is 6.26 Å². The van der Waals surface area contributed by atoms with Crippen LogP contribution in [-0.2, 0) is 76.6 Å². The van der Waals surface area contributed by atoms with Gasteiger partial charge in [-0.2, -0.15) is 127 Å². The lowest BCUT2D eigenvalue weighted by molar-refractivity contribution is -0.144. The summed E-state index contributed by atoms with van der Waals surface area (Å²) in [7, 11) is -2.61. The van der Waals surface area contributed by atoms with Crippen LogP contribution in [0.15, 0.2) is 188 Å². The van der Waals surface area contributed by atoms with Crippen LogP contribution in [0.1, 0.15) is 71.6 Å². The summed E-state index contributed by atoms with van der Waals surface area (Å²) >= 11 is 0. The third-order valence-corrected chi connectivity index (χ3v) is 15.4. The lowest BCUT2D eigenvalue weighted by Crippen LogP contribution is -2.75. The number of anilines is 1. The molecule has 92 heavy (non-hydrogen) atoms. The van der Waals surface area contributed by atoms with Gasteiger partial charge in [0.2, 0.25) is 5.78 Å². The molecule has 486 valence electrons. The molecule has 1 atom stereocenters. The lowest BCUT2D eigenvalue weighted by atomic mass is 9.12. The van der Waals surface area contributed by atoms with Gasteiger partial charge >= 0.3 is 49.4 Å². The fourth-order valence-electron chi connectivity index (χ4n) is 9.83. The molecular formula is C63H40BF24NO2S. The van der Waals surface area contributed by atoms with Crippen LogP contribution >= 0.6 is 0 Å². The Morgan fingerprint density at radius 3 is 0.870 bits per heavy atom. The first-order valence-electron chi connectivity index (χ1n) is 26.1. The quantitative estimate of drug-likeness (QED) is 0.0402. The Labute approximate surface area is 507 Å². The molecule has 0 saturated carbocycles. The summed E-state index contributed by atoms with van der Waals surface area (Å²) < 4.78 is 354. The number of benzene rings is 8. The molecule has 0 N–H and O–H groups in total. The van der Waals surface area contributed by atoms with Crippen molar-refractivity contribution < 1.29 is 114 Å². The zero-order valence-electron chi connectivity index (χ0n) is 46.3. The molecule has 0 spiro atoms. The smallest absolute Gasteiger partial charge is 0.363 e. The van der Waals surface area contributed by atoms with Gasteiger partial charge in [0.05, 0.1) is 44.5 Å². The number of hydrogen-bond acceptors (Lipinski definition) is 3. The third-order valence-electron chi connectivity index (χ3n) is 14.0. The van der Waals surface area contributed by atoms with Gasteiger partial charge in [0.1, 0.15) is 12.4 Å². The van der Waals surface area contributed by atoms with Gasteiger partial charge in [-0.25, -0.2) is 0 Å². The highest BCUT2D eigenvalue weighted by molar-refractivity contribution is 8.07. The molecule has 0 amide bonds. The van der Waals surface area contributed by atoms with Crippen LogP contribution in [-0.4, -0.2) is 23.9 Å². The minimum atomic E-state index is -6.13. The second-order valence-corrected chi connectivity index (χ2v) is 23.3. The molecule has 0 fully saturated rings. The van der Waals surface area contributed by atoms with Crippen molar-refractivity contribution in [2.24, 2.45) is 0 Å². The number of rotatable bonds is 12. The van der Waals surface area contributed by atoms with Gasteiger partial charge in [-0.1, -0.05) is 132 Å². The normalized spacial score (nSPS) is 13.5. The van der Waals surface area contributed by atoms with Gasteiger partial charge in [-0.15, -0.1) is 0 Å².